The van der Waals surface area contributed by atoms with E-state index < -0.39 is 0 Å². The Labute approximate surface area is 119 Å². The van der Waals surface area contributed by atoms with Crippen molar-refractivity contribution in [3.63, 3.8) is 0 Å². The number of aliphatic hydroxyl groups excluding tert-OH is 1. The van der Waals surface area contributed by atoms with Crippen LogP contribution in [0.1, 0.15) is 22.7 Å². The van der Waals surface area contributed by atoms with Crippen molar-refractivity contribution in [1.82, 2.24) is 9.80 Å². The first-order chi connectivity index (χ1) is 9.11. The summed E-state index contributed by atoms with van der Waals surface area (Å²) in [6.45, 7) is 9.38. The largest absolute Gasteiger partial charge is 0.395 e. The lowest BCUT2D eigenvalue weighted by molar-refractivity contribution is 0.0772. The van der Waals surface area contributed by atoms with Crippen LogP contribution in [0.5, 0.6) is 0 Å². The summed E-state index contributed by atoms with van der Waals surface area (Å²) in [5.41, 5.74) is 6.21. The van der Waals surface area contributed by atoms with E-state index >= 15 is 0 Å². The predicted octanol–water partition coefficient (Wildman–Crippen LogP) is 1.05. The number of nitrogens with zero attached hydrogens (tertiary/aromatic N) is 2. The van der Waals surface area contributed by atoms with E-state index in [1.165, 1.54) is 9.75 Å². The van der Waals surface area contributed by atoms with Crippen LogP contribution in [0.3, 0.4) is 0 Å². The van der Waals surface area contributed by atoms with Gasteiger partial charge in [-0.05, 0) is 26.0 Å². The van der Waals surface area contributed by atoms with E-state index in [-0.39, 0.29) is 12.6 Å². The van der Waals surface area contributed by atoms with Crippen LogP contribution in [-0.2, 0) is 0 Å². The van der Waals surface area contributed by atoms with Crippen molar-refractivity contribution in [2.24, 2.45) is 5.73 Å². The predicted molar refractivity (Wildman–Crippen MR) is 80.5 cm³/mol. The van der Waals surface area contributed by atoms with Gasteiger partial charge in [0, 0.05) is 48.5 Å². The summed E-state index contributed by atoms with van der Waals surface area (Å²) in [4.78, 5) is 7.53. The summed E-state index contributed by atoms with van der Waals surface area (Å²) in [5, 5.41) is 8.99. The smallest absolute Gasteiger partial charge is 0.0591 e. The molecule has 0 saturated carbocycles. The highest BCUT2D eigenvalue weighted by molar-refractivity contribution is 7.12. The van der Waals surface area contributed by atoms with Crippen molar-refractivity contribution in [2.45, 2.75) is 25.9 Å². The summed E-state index contributed by atoms with van der Waals surface area (Å²) >= 11 is 1.85. The van der Waals surface area contributed by atoms with E-state index in [1.807, 2.05) is 11.3 Å². The monoisotopic (exact) mass is 283 g/mol. The van der Waals surface area contributed by atoms with Gasteiger partial charge in [0.25, 0.3) is 0 Å². The van der Waals surface area contributed by atoms with Gasteiger partial charge in [-0.2, -0.15) is 0 Å². The molecule has 0 spiro atoms. The average Bonchev–Trinajstić information content (AvgIpc) is 2.78. The fraction of sp³-hybridized carbons (Fsp3) is 0.714. The molecule has 1 aromatic heterocycles. The van der Waals surface area contributed by atoms with E-state index in [4.69, 9.17) is 10.8 Å². The Morgan fingerprint density at radius 3 is 2.47 bits per heavy atom. The van der Waals surface area contributed by atoms with E-state index in [1.54, 1.807) is 0 Å². The minimum atomic E-state index is 0.141. The molecule has 1 aromatic rings. The summed E-state index contributed by atoms with van der Waals surface area (Å²) in [7, 11) is 0. The van der Waals surface area contributed by atoms with Gasteiger partial charge in [-0.1, -0.05) is 0 Å². The molecule has 2 rings (SSSR count). The topological polar surface area (TPSA) is 52.7 Å². The first-order valence-corrected chi connectivity index (χ1v) is 7.82. The lowest BCUT2D eigenvalue weighted by atomic mass is 10.1. The van der Waals surface area contributed by atoms with Crippen molar-refractivity contribution in [3.05, 3.63) is 21.9 Å². The van der Waals surface area contributed by atoms with Crippen molar-refractivity contribution in [1.29, 1.82) is 0 Å². The van der Waals surface area contributed by atoms with E-state index in [0.717, 1.165) is 32.7 Å². The number of hydrogen-bond acceptors (Lipinski definition) is 5. The Bertz CT molecular complexity index is 386. The molecule has 0 amide bonds. The molecule has 0 aliphatic carbocycles. The number of thiophene rings is 1. The first-order valence-electron chi connectivity index (χ1n) is 7.01. The van der Waals surface area contributed by atoms with Crippen LogP contribution in [0.2, 0.25) is 0 Å². The molecule has 1 aliphatic rings. The highest BCUT2D eigenvalue weighted by Crippen LogP contribution is 2.30. The molecule has 1 aliphatic heterocycles. The normalized spacial score (nSPS) is 21.5. The third-order valence-electron chi connectivity index (χ3n) is 3.77. The van der Waals surface area contributed by atoms with E-state index in [2.05, 4.69) is 35.8 Å². The number of aryl methyl sites for hydroxylation is 1. The van der Waals surface area contributed by atoms with Gasteiger partial charge in [-0.3, -0.25) is 9.80 Å². The zero-order valence-electron chi connectivity index (χ0n) is 11.9. The highest BCUT2D eigenvalue weighted by Gasteiger charge is 2.28. The van der Waals surface area contributed by atoms with Crippen LogP contribution in [0.15, 0.2) is 12.1 Å². The van der Waals surface area contributed by atoms with Crippen molar-refractivity contribution >= 4 is 11.3 Å². The molecule has 19 heavy (non-hydrogen) atoms. The second-order valence-electron chi connectivity index (χ2n) is 5.35. The minimum absolute atomic E-state index is 0.141. The number of aliphatic hydroxyl groups is 1. The molecule has 1 saturated heterocycles. The van der Waals surface area contributed by atoms with Crippen LogP contribution in [0.25, 0.3) is 0 Å². The van der Waals surface area contributed by atoms with Crippen LogP contribution in [0, 0.1) is 6.92 Å². The Hall–Kier alpha value is -0.460. The van der Waals surface area contributed by atoms with Gasteiger partial charge >= 0.3 is 0 Å². The summed E-state index contributed by atoms with van der Waals surface area (Å²) in [6.07, 6.45) is 0. The molecule has 5 heteroatoms. The zero-order valence-corrected chi connectivity index (χ0v) is 12.7. The van der Waals surface area contributed by atoms with Crippen molar-refractivity contribution in [2.75, 3.05) is 39.3 Å². The molecule has 2 heterocycles. The van der Waals surface area contributed by atoms with Crippen LogP contribution in [0.4, 0.5) is 0 Å². The maximum absolute atomic E-state index is 8.99. The summed E-state index contributed by atoms with van der Waals surface area (Å²) in [5.74, 6) is 0. The maximum Gasteiger partial charge on any atom is 0.0591 e. The summed E-state index contributed by atoms with van der Waals surface area (Å²) < 4.78 is 0. The van der Waals surface area contributed by atoms with E-state index in [9.17, 15) is 0 Å². The van der Waals surface area contributed by atoms with E-state index in [0.29, 0.717) is 6.04 Å². The minimum Gasteiger partial charge on any atom is -0.395 e. The van der Waals surface area contributed by atoms with Gasteiger partial charge in [-0.25, -0.2) is 0 Å². The van der Waals surface area contributed by atoms with Gasteiger partial charge in [0.1, 0.15) is 0 Å². The van der Waals surface area contributed by atoms with Crippen LogP contribution < -0.4 is 5.73 Å². The van der Waals surface area contributed by atoms with Gasteiger partial charge in [0.2, 0.25) is 0 Å². The maximum atomic E-state index is 8.99. The number of β-amino-alcohol motifs (C(OH)–C–C–N with tert-alkyl or cyclic N) is 1. The van der Waals surface area contributed by atoms with Crippen molar-refractivity contribution in [3.8, 4) is 0 Å². The molecule has 2 unspecified atom stereocenters. The van der Waals surface area contributed by atoms with Gasteiger partial charge in [0.05, 0.1) is 12.6 Å². The first kappa shape index (κ1) is 14.9. The number of hydrogen-bond donors (Lipinski definition) is 2. The number of nitrogens with two attached hydrogens (primary N) is 1. The third kappa shape index (κ3) is 3.77. The fourth-order valence-electron chi connectivity index (χ4n) is 2.79. The third-order valence-corrected chi connectivity index (χ3v) is 4.84. The number of piperazine rings is 1. The Morgan fingerprint density at radius 1 is 1.32 bits per heavy atom. The molecule has 3 N–H and O–H groups in total. The lowest BCUT2D eigenvalue weighted by Crippen LogP contribution is -2.51. The quantitative estimate of drug-likeness (QED) is 0.848. The molecule has 0 radical (unpaired) electrons. The molecule has 108 valence electrons. The molecular weight excluding hydrogens is 258 g/mol. The van der Waals surface area contributed by atoms with Gasteiger partial charge < -0.3 is 10.8 Å². The van der Waals surface area contributed by atoms with Crippen LogP contribution >= 0.6 is 11.3 Å². The highest BCUT2D eigenvalue weighted by atomic mass is 32.1. The molecule has 0 bridgehead atoms. The Balaban J connectivity index is 2.01. The molecule has 4 nitrogen and oxygen atoms in total. The van der Waals surface area contributed by atoms with Gasteiger partial charge in [-0.15, -0.1) is 11.3 Å². The Kier molecular flexibility index (Phi) is 5.36. The second-order valence-corrected chi connectivity index (χ2v) is 6.67. The molecular formula is C14H25N3OS. The number of rotatable bonds is 5. The van der Waals surface area contributed by atoms with Crippen LogP contribution in [-0.4, -0.2) is 60.3 Å². The second kappa shape index (κ2) is 6.81. The molecule has 2 atom stereocenters. The summed E-state index contributed by atoms with van der Waals surface area (Å²) in [6, 6.07) is 4.86. The van der Waals surface area contributed by atoms with Crippen molar-refractivity contribution < 1.29 is 5.11 Å². The average molecular weight is 283 g/mol. The zero-order chi connectivity index (χ0) is 13.8. The standard InChI is InChI=1S/C14H25N3OS/c1-11-3-4-13(19-11)14(12(2)15)17-7-5-16(6-8-17)9-10-18/h3-4,12,14,18H,5-10,15H2,1-2H3. The fourth-order valence-corrected chi connectivity index (χ4v) is 3.92. The SMILES string of the molecule is Cc1ccc(C(C(C)N)N2CCN(CCO)CC2)s1. The Morgan fingerprint density at radius 2 is 2.00 bits per heavy atom. The lowest BCUT2D eigenvalue weighted by Gasteiger charge is -2.40. The molecule has 1 fully saturated rings. The van der Waals surface area contributed by atoms with Gasteiger partial charge in [0.15, 0.2) is 0 Å². The molecule has 0 aromatic carbocycles.